The summed E-state index contributed by atoms with van der Waals surface area (Å²) in [6.07, 6.45) is 1.46. The Hall–Kier alpha value is -4.15. The third-order valence-electron chi connectivity index (χ3n) is 4.76. The third-order valence-corrected chi connectivity index (χ3v) is 4.99. The molecule has 0 saturated carbocycles. The molecule has 0 atom stereocenters. The molecule has 34 heavy (non-hydrogen) atoms. The number of anilines is 1. The summed E-state index contributed by atoms with van der Waals surface area (Å²) >= 11 is 6.09. The van der Waals surface area contributed by atoms with Crippen molar-refractivity contribution in [3.05, 3.63) is 94.0 Å². The predicted molar refractivity (Wildman–Crippen MR) is 132 cm³/mol. The van der Waals surface area contributed by atoms with Gasteiger partial charge in [0.05, 0.1) is 17.8 Å². The number of nitriles is 1. The fourth-order valence-corrected chi connectivity index (χ4v) is 3.09. The summed E-state index contributed by atoms with van der Waals surface area (Å²) in [5.41, 5.74) is 6.25. The molecule has 0 fully saturated rings. The fraction of sp³-hybridized carbons (Fsp3) is 0.154. The van der Waals surface area contributed by atoms with Gasteiger partial charge in [-0.15, -0.1) is 0 Å². The van der Waals surface area contributed by atoms with Crippen molar-refractivity contribution in [1.82, 2.24) is 5.43 Å². The molecule has 0 aromatic heterocycles. The molecule has 3 rings (SSSR count). The van der Waals surface area contributed by atoms with Crippen LogP contribution in [-0.4, -0.2) is 18.0 Å². The molecular weight excluding hydrogens is 452 g/mol. The lowest BCUT2D eigenvalue weighted by Gasteiger charge is -2.10. The molecule has 7 nitrogen and oxygen atoms in total. The molecule has 2 amide bonds. The fourth-order valence-electron chi connectivity index (χ4n) is 2.91. The van der Waals surface area contributed by atoms with Crippen molar-refractivity contribution in [2.45, 2.75) is 26.4 Å². The van der Waals surface area contributed by atoms with Crippen molar-refractivity contribution in [2.24, 2.45) is 5.10 Å². The highest BCUT2D eigenvalue weighted by atomic mass is 35.5. The number of rotatable bonds is 9. The monoisotopic (exact) mass is 474 g/mol. The standard InChI is InChI=1S/C26H23ClN4O3/c1-18-2-9-23(10-3-18)30-25(32)12-13-26(33)31-29-16-21-14-22(27)8-11-24(21)34-17-20-6-4-19(15-28)5-7-20/h2-11,14,16H,12-13,17H2,1H3,(H,30,32)(H,31,33). The van der Waals surface area contributed by atoms with Crippen molar-refractivity contribution in [3.63, 3.8) is 0 Å². The Labute approximate surface area is 203 Å². The third kappa shape index (κ3) is 7.76. The SMILES string of the molecule is Cc1ccc(NC(=O)CCC(=O)NN=Cc2cc(Cl)ccc2OCc2ccc(C#N)cc2)cc1. The average Bonchev–Trinajstić information content (AvgIpc) is 2.84. The van der Waals surface area contributed by atoms with E-state index in [0.717, 1.165) is 11.1 Å². The summed E-state index contributed by atoms with van der Waals surface area (Å²) in [6.45, 7) is 2.25. The number of ether oxygens (including phenoxy) is 1. The van der Waals surface area contributed by atoms with E-state index in [2.05, 4.69) is 21.9 Å². The molecule has 172 valence electrons. The van der Waals surface area contributed by atoms with Gasteiger partial charge in [0.1, 0.15) is 12.4 Å². The molecule has 0 unspecified atom stereocenters. The number of nitrogens with zero attached hydrogens (tertiary/aromatic N) is 2. The number of benzene rings is 3. The van der Waals surface area contributed by atoms with Gasteiger partial charge in [0.25, 0.3) is 0 Å². The Morgan fingerprint density at radius 1 is 1.03 bits per heavy atom. The first-order valence-corrected chi connectivity index (χ1v) is 10.9. The molecule has 3 aromatic carbocycles. The molecule has 8 heteroatoms. The quantitative estimate of drug-likeness (QED) is 0.337. The normalized spacial score (nSPS) is 10.5. The molecule has 0 aliphatic carbocycles. The Morgan fingerprint density at radius 2 is 1.74 bits per heavy atom. The van der Waals surface area contributed by atoms with Crippen molar-refractivity contribution in [3.8, 4) is 11.8 Å². The van der Waals surface area contributed by atoms with Crippen LogP contribution in [-0.2, 0) is 16.2 Å². The van der Waals surface area contributed by atoms with Gasteiger partial charge in [-0.25, -0.2) is 5.43 Å². The van der Waals surface area contributed by atoms with Crippen LogP contribution in [0.4, 0.5) is 5.69 Å². The van der Waals surface area contributed by atoms with Crippen LogP contribution in [0, 0.1) is 18.3 Å². The molecule has 3 aromatic rings. The molecule has 0 spiro atoms. The van der Waals surface area contributed by atoms with Gasteiger partial charge in [0.15, 0.2) is 0 Å². The van der Waals surface area contributed by atoms with Gasteiger partial charge in [0, 0.05) is 29.1 Å². The van der Waals surface area contributed by atoms with Crippen LogP contribution in [0.25, 0.3) is 0 Å². The summed E-state index contributed by atoms with van der Waals surface area (Å²) in [5, 5.41) is 16.1. The zero-order valence-corrected chi connectivity index (χ0v) is 19.3. The minimum atomic E-state index is -0.391. The second kappa shape index (κ2) is 12.2. The number of nitrogens with one attached hydrogen (secondary N) is 2. The topological polar surface area (TPSA) is 104 Å². The number of amides is 2. The van der Waals surface area contributed by atoms with Crippen LogP contribution in [0.3, 0.4) is 0 Å². The van der Waals surface area contributed by atoms with Gasteiger partial charge < -0.3 is 10.1 Å². The summed E-state index contributed by atoms with van der Waals surface area (Å²) in [7, 11) is 0. The number of hydrazone groups is 1. The first kappa shape index (κ1) is 24.5. The molecule has 0 aliphatic rings. The molecule has 0 aliphatic heterocycles. The Bertz CT molecular complexity index is 1220. The molecular formula is C26H23ClN4O3. The van der Waals surface area contributed by atoms with E-state index in [1.165, 1.54) is 6.21 Å². The van der Waals surface area contributed by atoms with E-state index in [9.17, 15) is 9.59 Å². The highest BCUT2D eigenvalue weighted by Crippen LogP contribution is 2.22. The van der Waals surface area contributed by atoms with Gasteiger partial charge in [-0.05, 0) is 55.0 Å². The molecule has 2 N–H and O–H groups in total. The number of hydrogen-bond donors (Lipinski definition) is 2. The van der Waals surface area contributed by atoms with Crippen molar-refractivity contribution in [1.29, 1.82) is 5.26 Å². The Balaban J connectivity index is 1.50. The zero-order chi connectivity index (χ0) is 24.3. The van der Waals surface area contributed by atoms with E-state index in [-0.39, 0.29) is 25.4 Å². The van der Waals surface area contributed by atoms with Crippen molar-refractivity contribution < 1.29 is 14.3 Å². The smallest absolute Gasteiger partial charge is 0.240 e. The lowest BCUT2D eigenvalue weighted by atomic mass is 10.1. The summed E-state index contributed by atoms with van der Waals surface area (Å²) in [5.74, 6) is -0.113. The summed E-state index contributed by atoms with van der Waals surface area (Å²) in [4.78, 5) is 24.1. The number of carbonyl (C=O) groups excluding carboxylic acids is 2. The minimum Gasteiger partial charge on any atom is -0.488 e. The van der Waals surface area contributed by atoms with E-state index in [1.807, 2.05) is 43.3 Å². The first-order valence-electron chi connectivity index (χ1n) is 10.5. The van der Waals surface area contributed by atoms with E-state index in [1.54, 1.807) is 30.3 Å². The highest BCUT2D eigenvalue weighted by Gasteiger charge is 2.08. The van der Waals surface area contributed by atoms with Gasteiger partial charge in [0.2, 0.25) is 11.8 Å². The summed E-state index contributed by atoms with van der Waals surface area (Å²) in [6, 6.07) is 21.6. The highest BCUT2D eigenvalue weighted by molar-refractivity contribution is 6.30. The number of carbonyl (C=O) groups is 2. The Kier molecular flexibility index (Phi) is 8.78. The maximum Gasteiger partial charge on any atom is 0.240 e. The Morgan fingerprint density at radius 3 is 2.44 bits per heavy atom. The zero-order valence-electron chi connectivity index (χ0n) is 18.5. The number of hydrogen-bond acceptors (Lipinski definition) is 5. The first-order chi connectivity index (χ1) is 16.4. The van der Waals surface area contributed by atoms with Crippen LogP contribution >= 0.6 is 11.6 Å². The molecule has 0 radical (unpaired) electrons. The van der Waals surface area contributed by atoms with Crippen LogP contribution in [0.1, 0.15) is 35.1 Å². The lowest BCUT2D eigenvalue weighted by Crippen LogP contribution is -2.20. The van der Waals surface area contributed by atoms with E-state index >= 15 is 0 Å². The van der Waals surface area contributed by atoms with Crippen molar-refractivity contribution >= 4 is 35.3 Å². The van der Waals surface area contributed by atoms with Crippen LogP contribution in [0.2, 0.25) is 5.02 Å². The lowest BCUT2D eigenvalue weighted by molar-refractivity contribution is -0.124. The second-order valence-electron chi connectivity index (χ2n) is 7.49. The molecule has 0 heterocycles. The minimum absolute atomic E-state index is 0.00731. The van der Waals surface area contributed by atoms with E-state index in [4.69, 9.17) is 21.6 Å². The summed E-state index contributed by atoms with van der Waals surface area (Å²) < 4.78 is 5.85. The van der Waals surface area contributed by atoms with Gasteiger partial charge in [-0.2, -0.15) is 10.4 Å². The maximum atomic E-state index is 12.1. The van der Waals surface area contributed by atoms with Gasteiger partial charge in [-0.1, -0.05) is 41.4 Å². The van der Waals surface area contributed by atoms with Crippen LogP contribution in [0.15, 0.2) is 71.8 Å². The van der Waals surface area contributed by atoms with E-state index < -0.39 is 5.91 Å². The van der Waals surface area contributed by atoms with E-state index in [0.29, 0.717) is 27.6 Å². The van der Waals surface area contributed by atoms with Gasteiger partial charge >= 0.3 is 0 Å². The van der Waals surface area contributed by atoms with Gasteiger partial charge in [-0.3, -0.25) is 9.59 Å². The van der Waals surface area contributed by atoms with Crippen LogP contribution < -0.4 is 15.5 Å². The molecule has 0 saturated heterocycles. The average molecular weight is 475 g/mol. The van der Waals surface area contributed by atoms with Crippen molar-refractivity contribution in [2.75, 3.05) is 5.32 Å². The second-order valence-corrected chi connectivity index (χ2v) is 7.92. The maximum absolute atomic E-state index is 12.1. The predicted octanol–water partition coefficient (Wildman–Crippen LogP) is 4.97. The number of aryl methyl sites for hydroxylation is 1. The largest absolute Gasteiger partial charge is 0.488 e. The van der Waals surface area contributed by atoms with Crippen LogP contribution in [0.5, 0.6) is 5.75 Å². The number of halogens is 1. The molecule has 0 bridgehead atoms.